The normalized spacial score (nSPS) is 31.6. The maximum Gasteiger partial charge on any atom is 0.161 e. The lowest BCUT2D eigenvalue weighted by Gasteiger charge is -2.67. The molecule has 0 saturated heterocycles. The molecule has 4 saturated carbocycles. The van der Waals surface area contributed by atoms with E-state index >= 15 is 0 Å². The van der Waals surface area contributed by atoms with Crippen LogP contribution >= 0.6 is 0 Å². The molecule has 6 N–H and O–H groups in total. The average Bonchev–Trinajstić information content (AvgIpc) is 2.78. The van der Waals surface area contributed by atoms with E-state index in [1.54, 1.807) is 18.2 Å². The van der Waals surface area contributed by atoms with Crippen LogP contribution in [-0.4, -0.2) is 30.6 Å². The zero-order chi connectivity index (χ0) is 23.9. The topological polar surface area (TPSA) is 121 Å². The predicted octanol–water partition coefficient (Wildman–Crippen LogP) is 5.03. The van der Waals surface area contributed by atoms with Gasteiger partial charge in [0.25, 0.3) is 0 Å². The number of aromatic hydroxyl groups is 6. The van der Waals surface area contributed by atoms with E-state index in [9.17, 15) is 30.6 Å². The SMILES string of the molecule is Oc1cccc(C23CC4CC(c5cccc(O)c5O)(C2)CC(c2cccc(O)c2O)(C4)C3)c1O. The summed E-state index contributed by atoms with van der Waals surface area (Å²) in [6, 6.07) is 15.2. The van der Waals surface area contributed by atoms with Crippen LogP contribution in [0.15, 0.2) is 54.6 Å². The molecule has 0 aliphatic heterocycles. The van der Waals surface area contributed by atoms with E-state index in [2.05, 4.69) is 0 Å². The molecule has 0 aromatic heterocycles. The third kappa shape index (κ3) is 2.68. The summed E-state index contributed by atoms with van der Waals surface area (Å²) in [5.74, 6) is -0.674. The van der Waals surface area contributed by atoms with E-state index in [0.717, 1.165) is 19.3 Å². The van der Waals surface area contributed by atoms with Crippen molar-refractivity contribution in [1.82, 2.24) is 0 Å². The second-order valence-electron chi connectivity index (χ2n) is 10.9. The Morgan fingerprint density at radius 1 is 0.471 bits per heavy atom. The van der Waals surface area contributed by atoms with Crippen LogP contribution in [0.3, 0.4) is 0 Å². The molecule has 34 heavy (non-hydrogen) atoms. The summed E-state index contributed by atoms with van der Waals surface area (Å²) >= 11 is 0. The van der Waals surface area contributed by atoms with Gasteiger partial charge in [0.1, 0.15) is 0 Å². The first-order valence-electron chi connectivity index (χ1n) is 11.7. The minimum absolute atomic E-state index is 0.130. The summed E-state index contributed by atoms with van der Waals surface area (Å²) in [6.07, 6.45) is 4.33. The molecule has 3 aromatic carbocycles. The molecule has 0 amide bonds. The minimum atomic E-state index is -0.516. The molecule has 0 spiro atoms. The van der Waals surface area contributed by atoms with Crippen LogP contribution in [0.4, 0.5) is 0 Å². The summed E-state index contributed by atoms with van der Waals surface area (Å²) in [7, 11) is 0. The molecule has 6 nitrogen and oxygen atoms in total. The molecule has 4 aliphatic carbocycles. The Balaban J connectivity index is 1.63. The van der Waals surface area contributed by atoms with Crippen molar-refractivity contribution in [3.05, 3.63) is 71.3 Å². The molecule has 0 unspecified atom stereocenters. The molecule has 3 aromatic rings. The van der Waals surface area contributed by atoms with Crippen molar-refractivity contribution >= 4 is 0 Å². The number of phenols is 6. The number of rotatable bonds is 3. The standard InChI is InChI=1S/C28H28O6/c29-20-7-1-4-17(23(20)32)26-10-16-11-27(13-26,18-5-2-8-21(30)24(18)33)15-28(12-16,14-26)19-6-3-9-22(31)25(19)34/h1-9,16,29-34H,10-15H2. The van der Waals surface area contributed by atoms with Crippen LogP contribution in [-0.2, 0) is 16.2 Å². The summed E-state index contributed by atoms with van der Waals surface area (Å²) in [6.45, 7) is 0. The van der Waals surface area contributed by atoms with Crippen molar-refractivity contribution in [2.45, 2.75) is 54.8 Å². The molecular formula is C28H28O6. The molecule has 7 rings (SSSR count). The maximum absolute atomic E-state index is 10.9. The van der Waals surface area contributed by atoms with E-state index in [4.69, 9.17) is 0 Å². The lowest BCUT2D eigenvalue weighted by Crippen LogP contribution is -2.62. The van der Waals surface area contributed by atoms with Gasteiger partial charge >= 0.3 is 0 Å². The van der Waals surface area contributed by atoms with E-state index in [1.807, 2.05) is 18.2 Å². The Labute approximate surface area is 197 Å². The van der Waals surface area contributed by atoms with E-state index < -0.39 is 16.2 Å². The number of hydrogen-bond acceptors (Lipinski definition) is 6. The molecular weight excluding hydrogens is 432 g/mol. The lowest BCUT2D eigenvalue weighted by molar-refractivity contribution is -0.0516. The van der Waals surface area contributed by atoms with Crippen molar-refractivity contribution in [3.63, 3.8) is 0 Å². The van der Waals surface area contributed by atoms with Gasteiger partial charge in [-0.1, -0.05) is 36.4 Å². The van der Waals surface area contributed by atoms with E-state index in [0.29, 0.717) is 36.0 Å². The summed E-state index contributed by atoms with van der Waals surface area (Å²) < 4.78 is 0. The van der Waals surface area contributed by atoms with Gasteiger partial charge in [0.05, 0.1) is 0 Å². The van der Waals surface area contributed by atoms with Crippen LogP contribution in [0.5, 0.6) is 34.5 Å². The van der Waals surface area contributed by atoms with Gasteiger partial charge in [-0.25, -0.2) is 0 Å². The fourth-order valence-corrected chi connectivity index (χ4v) is 8.22. The zero-order valence-corrected chi connectivity index (χ0v) is 18.7. The molecule has 176 valence electrons. The minimum Gasteiger partial charge on any atom is -0.504 e. The first kappa shape index (κ1) is 21.0. The Bertz CT molecular complexity index is 1150. The van der Waals surface area contributed by atoms with Crippen LogP contribution in [0.1, 0.15) is 55.2 Å². The summed E-state index contributed by atoms with van der Waals surface area (Å²) in [5.41, 5.74) is 0.465. The van der Waals surface area contributed by atoms with Crippen LogP contribution in [0.25, 0.3) is 0 Å². The van der Waals surface area contributed by atoms with E-state index in [1.165, 1.54) is 18.2 Å². The Morgan fingerprint density at radius 2 is 0.765 bits per heavy atom. The van der Waals surface area contributed by atoms with Gasteiger partial charge in [-0.3, -0.25) is 0 Å². The zero-order valence-electron chi connectivity index (χ0n) is 18.7. The van der Waals surface area contributed by atoms with Gasteiger partial charge in [0.15, 0.2) is 34.5 Å². The predicted molar refractivity (Wildman–Crippen MR) is 126 cm³/mol. The van der Waals surface area contributed by atoms with Crippen molar-refractivity contribution in [1.29, 1.82) is 0 Å². The molecule has 0 atom stereocenters. The second-order valence-corrected chi connectivity index (χ2v) is 10.9. The third-order valence-corrected chi connectivity index (χ3v) is 8.83. The van der Waals surface area contributed by atoms with Crippen LogP contribution in [0.2, 0.25) is 0 Å². The van der Waals surface area contributed by atoms with Crippen molar-refractivity contribution < 1.29 is 30.6 Å². The Kier molecular flexibility index (Phi) is 4.17. The van der Waals surface area contributed by atoms with Crippen LogP contribution < -0.4 is 0 Å². The number of benzene rings is 3. The first-order valence-corrected chi connectivity index (χ1v) is 11.7. The molecule has 6 heteroatoms. The van der Waals surface area contributed by atoms with Gasteiger partial charge in [-0.2, -0.15) is 0 Å². The highest BCUT2D eigenvalue weighted by Gasteiger charge is 2.66. The fourth-order valence-electron chi connectivity index (χ4n) is 8.22. The van der Waals surface area contributed by atoms with Gasteiger partial charge < -0.3 is 30.6 Å². The van der Waals surface area contributed by atoms with Gasteiger partial charge in [-0.05, 0) is 62.6 Å². The monoisotopic (exact) mass is 460 g/mol. The number of para-hydroxylation sites is 3. The first-order chi connectivity index (χ1) is 16.2. The van der Waals surface area contributed by atoms with Gasteiger partial charge in [-0.15, -0.1) is 0 Å². The lowest BCUT2D eigenvalue weighted by atomic mass is 9.36. The molecule has 4 fully saturated rings. The van der Waals surface area contributed by atoms with Crippen molar-refractivity contribution in [3.8, 4) is 34.5 Å². The highest BCUT2D eigenvalue weighted by molar-refractivity contribution is 5.57. The summed E-state index contributed by atoms with van der Waals surface area (Å²) in [4.78, 5) is 0. The number of hydrogen-bond donors (Lipinski definition) is 6. The Morgan fingerprint density at radius 3 is 1.06 bits per heavy atom. The average molecular weight is 461 g/mol. The second kappa shape index (κ2) is 6.75. The highest BCUT2D eigenvalue weighted by Crippen LogP contribution is 2.73. The number of phenolic OH excluding ortho intramolecular Hbond substituents is 6. The largest absolute Gasteiger partial charge is 0.504 e. The molecule has 0 heterocycles. The van der Waals surface area contributed by atoms with Crippen LogP contribution in [0, 0.1) is 5.92 Å². The highest BCUT2D eigenvalue weighted by atomic mass is 16.3. The fraction of sp³-hybridized carbons (Fsp3) is 0.357. The molecule has 0 radical (unpaired) electrons. The maximum atomic E-state index is 10.9. The quantitative estimate of drug-likeness (QED) is 0.305. The van der Waals surface area contributed by atoms with E-state index in [-0.39, 0.29) is 40.4 Å². The Hall–Kier alpha value is -3.54. The smallest absolute Gasteiger partial charge is 0.161 e. The molecule has 4 aliphatic rings. The van der Waals surface area contributed by atoms with Crippen molar-refractivity contribution in [2.75, 3.05) is 0 Å². The van der Waals surface area contributed by atoms with Crippen molar-refractivity contribution in [2.24, 2.45) is 5.92 Å². The van der Waals surface area contributed by atoms with Gasteiger partial charge in [0, 0.05) is 32.9 Å². The van der Waals surface area contributed by atoms with Gasteiger partial charge in [0.2, 0.25) is 0 Å². The molecule has 4 bridgehead atoms. The third-order valence-electron chi connectivity index (χ3n) is 8.83. The summed E-state index contributed by atoms with van der Waals surface area (Å²) in [5, 5.41) is 63.8.